The molecule has 0 aliphatic carbocycles. The van der Waals surface area contributed by atoms with Crippen LogP contribution in [-0.2, 0) is 9.59 Å². The lowest BCUT2D eigenvalue weighted by molar-refractivity contribution is -0.132. The topological polar surface area (TPSA) is 66.8 Å². The molecule has 0 spiro atoms. The van der Waals surface area contributed by atoms with E-state index < -0.39 is 17.7 Å². The van der Waals surface area contributed by atoms with E-state index in [4.69, 9.17) is 16.3 Å². The molecule has 0 saturated carbocycles. The van der Waals surface area contributed by atoms with Gasteiger partial charge in [-0.1, -0.05) is 48.0 Å². The van der Waals surface area contributed by atoms with Crippen molar-refractivity contribution in [1.82, 2.24) is 0 Å². The average molecular weight is 434 g/mol. The summed E-state index contributed by atoms with van der Waals surface area (Å²) in [5.41, 5.74) is 2.58. The Kier molecular flexibility index (Phi) is 5.53. The van der Waals surface area contributed by atoms with Crippen LogP contribution in [0.2, 0.25) is 5.02 Å². The van der Waals surface area contributed by atoms with Crippen molar-refractivity contribution in [1.29, 1.82) is 0 Å². The number of ketones is 1. The molecular formula is C25H20ClNO4. The number of rotatable bonds is 4. The largest absolute Gasteiger partial charge is 0.507 e. The first-order valence-corrected chi connectivity index (χ1v) is 10.1. The predicted octanol–water partition coefficient (Wildman–Crippen LogP) is 5.28. The van der Waals surface area contributed by atoms with Crippen molar-refractivity contribution in [3.05, 3.63) is 100 Å². The van der Waals surface area contributed by atoms with Crippen LogP contribution in [0.25, 0.3) is 5.76 Å². The van der Waals surface area contributed by atoms with Crippen molar-refractivity contribution in [2.75, 3.05) is 12.0 Å². The zero-order valence-electron chi connectivity index (χ0n) is 17.0. The van der Waals surface area contributed by atoms with Gasteiger partial charge in [0, 0.05) is 16.3 Å². The molecular weight excluding hydrogens is 414 g/mol. The van der Waals surface area contributed by atoms with Crippen LogP contribution >= 0.6 is 11.6 Å². The second kappa shape index (κ2) is 8.28. The lowest BCUT2D eigenvalue weighted by atomic mass is 9.95. The molecule has 1 atom stereocenters. The summed E-state index contributed by atoms with van der Waals surface area (Å²) in [6.45, 7) is 1.91. The van der Waals surface area contributed by atoms with Gasteiger partial charge in [-0.25, -0.2) is 0 Å². The minimum atomic E-state index is -0.799. The standard InChI is InChI=1S/C25H20ClNO4/c1-15-5-3-8-19(13-15)27-22(16-9-11-20(31-2)12-10-16)21(24(29)25(27)30)23(28)17-6-4-7-18(26)14-17/h3-14,22,28H,1-2H3/b23-21+. The van der Waals surface area contributed by atoms with Crippen LogP contribution in [0.3, 0.4) is 0 Å². The first-order chi connectivity index (χ1) is 14.9. The van der Waals surface area contributed by atoms with E-state index in [9.17, 15) is 14.7 Å². The van der Waals surface area contributed by atoms with Crippen LogP contribution in [0.15, 0.2) is 78.4 Å². The molecule has 1 fully saturated rings. The molecule has 1 saturated heterocycles. The first kappa shape index (κ1) is 20.7. The summed E-state index contributed by atoms with van der Waals surface area (Å²) < 4.78 is 5.23. The third-order valence-electron chi connectivity index (χ3n) is 5.25. The summed E-state index contributed by atoms with van der Waals surface area (Å²) in [4.78, 5) is 27.7. The molecule has 1 aliphatic heterocycles. The van der Waals surface area contributed by atoms with Gasteiger partial charge in [0.05, 0.1) is 18.7 Å². The van der Waals surface area contributed by atoms with E-state index in [1.807, 2.05) is 25.1 Å². The Morgan fingerprint density at radius 3 is 2.35 bits per heavy atom. The Labute approximate surface area is 185 Å². The van der Waals surface area contributed by atoms with Crippen LogP contribution in [-0.4, -0.2) is 23.9 Å². The molecule has 3 aromatic rings. The monoisotopic (exact) mass is 433 g/mol. The fraction of sp³-hybridized carbons (Fsp3) is 0.120. The molecule has 1 amide bonds. The Balaban J connectivity index is 1.95. The van der Waals surface area contributed by atoms with Gasteiger partial charge in [0.2, 0.25) is 0 Å². The highest BCUT2D eigenvalue weighted by Gasteiger charge is 2.47. The number of carbonyl (C=O) groups excluding carboxylic acids is 2. The average Bonchev–Trinajstić information content (AvgIpc) is 3.04. The van der Waals surface area contributed by atoms with Crippen LogP contribution < -0.4 is 9.64 Å². The van der Waals surface area contributed by atoms with Crippen LogP contribution in [0.1, 0.15) is 22.7 Å². The molecule has 0 radical (unpaired) electrons. The molecule has 3 aromatic carbocycles. The molecule has 0 aromatic heterocycles. The van der Waals surface area contributed by atoms with Gasteiger partial charge in [0.1, 0.15) is 11.5 Å². The van der Waals surface area contributed by atoms with Crippen LogP contribution in [0.4, 0.5) is 5.69 Å². The minimum Gasteiger partial charge on any atom is -0.507 e. The highest BCUT2D eigenvalue weighted by molar-refractivity contribution is 6.51. The molecule has 1 aliphatic rings. The van der Waals surface area contributed by atoms with Crippen molar-refractivity contribution in [3.63, 3.8) is 0 Å². The van der Waals surface area contributed by atoms with Crippen LogP contribution in [0, 0.1) is 6.92 Å². The number of halogens is 1. The summed E-state index contributed by atoms with van der Waals surface area (Å²) in [6.07, 6.45) is 0. The molecule has 5 nitrogen and oxygen atoms in total. The normalized spacial score (nSPS) is 17.8. The SMILES string of the molecule is COc1ccc(C2/C(=C(\O)c3cccc(Cl)c3)C(=O)C(=O)N2c2cccc(C)c2)cc1. The predicted molar refractivity (Wildman–Crippen MR) is 120 cm³/mol. The second-order valence-electron chi connectivity index (χ2n) is 7.29. The molecule has 6 heteroatoms. The number of Topliss-reactive ketones (excluding diaryl/α,β-unsaturated/α-hetero) is 1. The number of carbonyl (C=O) groups is 2. The smallest absolute Gasteiger partial charge is 0.300 e. The van der Waals surface area contributed by atoms with E-state index in [2.05, 4.69) is 0 Å². The van der Waals surface area contributed by atoms with Crippen LogP contribution in [0.5, 0.6) is 5.75 Å². The Hall–Kier alpha value is -3.57. The number of aryl methyl sites for hydroxylation is 1. The number of benzene rings is 3. The molecule has 4 rings (SSSR count). The van der Waals surface area contributed by atoms with E-state index in [0.29, 0.717) is 27.6 Å². The Morgan fingerprint density at radius 2 is 1.71 bits per heavy atom. The van der Waals surface area contributed by atoms with Gasteiger partial charge >= 0.3 is 0 Å². The van der Waals surface area contributed by atoms with Gasteiger partial charge in [-0.05, 0) is 54.4 Å². The minimum absolute atomic E-state index is 0.0129. The molecule has 0 bridgehead atoms. The molecule has 1 unspecified atom stereocenters. The fourth-order valence-corrected chi connectivity index (χ4v) is 3.96. The summed E-state index contributed by atoms with van der Waals surface area (Å²) in [7, 11) is 1.56. The van der Waals surface area contributed by atoms with Crippen molar-refractivity contribution < 1.29 is 19.4 Å². The van der Waals surface area contributed by atoms with E-state index in [-0.39, 0.29) is 11.3 Å². The Bertz CT molecular complexity index is 1200. The molecule has 31 heavy (non-hydrogen) atoms. The third-order valence-corrected chi connectivity index (χ3v) is 5.49. The summed E-state index contributed by atoms with van der Waals surface area (Å²) in [5, 5.41) is 11.5. The number of nitrogens with zero attached hydrogens (tertiary/aromatic N) is 1. The number of ether oxygens (including phenoxy) is 1. The van der Waals surface area contributed by atoms with Gasteiger partial charge in [-0.15, -0.1) is 0 Å². The Morgan fingerprint density at radius 1 is 1.00 bits per heavy atom. The lowest BCUT2D eigenvalue weighted by Gasteiger charge is -2.26. The zero-order chi connectivity index (χ0) is 22.1. The lowest BCUT2D eigenvalue weighted by Crippen LogP contribution is -2.29. The molecule has 1 heterocycles. The third kappa shape index (κ3) is 3.80. The van der Waals surface area contributed by atoms with E-state index in [1.54, 1.807) is 61.7 Å². The number of amides is 1. The van der Waals surface area contributed by atoms with Gasteiger partial charge in [-0.2, -0.15) is 0 Å². The summed E-state index contributed by atoms with van der Waals surface area (Å²) >= 11 is 6.08. The molecule has 156 valence electrons. The van der Waals surface area contributed by atoms with Gasteiger partial charge in [0.15, 0.2) is 0 Å². The van der Waals surface area contributed by atoms with Gasteiger partial charge in [-0.3, -0.25) is 14.5 Å². The molecule has 1 N–H and O–H groups in total. The highest BCUT2D eigenvalue weighted by Crippen LogP contribution is 2.42. The maximum atomic E-state index is 13.1. The quantitative estimate of drug-likeness (QED) is 0.345. The van der Waals surface area contributed by atoms with Crippen molar-refractivity contribution in [2.45, 2.75) is 13.0 Å². The zero-order valence-corrected chi connectivity index (χ0v) is 17.8. The van der Waals surface area contributed by atoms with E-state index >= 15 is 0 Å². The number of aliphatic hydroxyl groups excluding tert-OH is 1. The second-order valence-corrected chi connectivity index (χ2v) is 7.73. The summed E-state index contributed by atoms with van der Waals surface area (Å²) in [6, 6.07) is 20.2. The fourth-order valence-electron chi connectivity index (χ4n) is 3.77. The van der Waals surface area contributed by atoms with Gasteiger partial charge in [0.25, 0.3) is 11.7 Å². The van der Waals surface area contributed by atoms with E-state index in [0.717, 1.165) is 5.56 Å². The number of methoxy groups -OCH3 is 1. The van der Waals surface area contributed by atoms with Crippen molar-refractivity contribution >= 4 is 34.7 Å². The highest BCUT2D eigenvalue weighted by atomic mass is 35.5. The maximum Gasteiger partial charge on any atom is 0.300 e. The maximum absolute atomic E-state index is 13.1. The van der Waals surface area contributed by atoms with E-state index in [1.165, 1.54) is 4.90 Å². The number of anilines is 1. The summed E-state index contributed by atoms with van der Waals surface area (Å²) in [5.74, 6) is -1.07. The number of hydrogen-bond donors (Lipinski definition) is 1. The van der Waals surface area contributed by atoms with Crippen molar-refractivity contribution in [2.24, 2.45) is 0 Å². The first-order valence-electron chi connectivity index (χ1n) is 9.68. The number of hydrogen-bond acceptors (Lipinski definition) is 4. The number of aliphatic hydroxyl groups is 1. The van der Waals surface area contributed by atoms with Gasteiger partial charge < -0.3 is 9.84 Å². The van der Waals surface area contributed by atoms with Crippen molar-refractivity contribution in [3.8, 4) is 5.75 Å².